The largest absolute Gasteiger partial charge is 0.496 e. The molecule has 0 radical (unpaired) electrons. The fourth-order valence-corrected chi connectivity index (χ4v) is 3.00. The van der Waals surface area contributed by atoms with E-state index in [0.29, 0.717) is 0 Å². The highest BCUT2D eigenvalue weighted by Crippen LogP contribution is 2.55. The number of methoxy groups -OCH3 is 1. The minimum atomic E-state index is 0.117. The molecule has 1 aliphatic carbocycles. The van der Waals surface area contributed by atoms with Gasteiger partial charge >= 0.3 is 0 Å². The van der Waals surface area contributed by atoms with Crippen molar-refractivity contribution in [1.82, 2.24) is 0 Å². The lowest BCUT2D eigenvalue weighted by Crippen LogP contribution is -2.32. The molecule has 0 spiro atoms. The summed E-state index contributed by atoms with van der Waals surface area (Å²) in [6.45, 7) is 2.11. The fraction of sp³-hybridized carbons (Fsp3) is 0.375. The average molecular weight is 241 g/mol. The Kier molecular flexibility index (Phi) is 2.56. The molecule has 0 heterocycles. The molecule has 1 saturated carbocycles. The van der Waals surface area contributed by atoms with E-state index in [1.54, 1.807) is 7.11 Å². The minimum Gasteiger partial charge on any atom is -0.496 e. The predicted molar refractivity (Wildman–Crippen MR) is 75.1 cm³/mol. The first-order valence-corrected chi connectivity index (χ1v) is 6.51. The number of rotatable bonds is 3. The number of ether oxygens (including phenoxy) is 1. The predicted octanol–water partition coefficient (Wildman–Crippen LogP) is 3.23. The van der Waals surface area contributed by atoms with Crippen LogP contribution in [0, 0.1) is 0 Å². The Labute approximate surface area is 108 Å². The van der Waals surface area contributed by atoms with Crippen molar-refractivity contribution in [2.24, 2.45) is 5.73 Å². The molecule has 0 bridgehead atoms. The molecular weight excluding hydrogens is 222 g/mol. The molecule has 0 saturated heterocycles. The Hall–Kier alpha value is -1.54. The van der Waals surface area contributed by atoms with Crippen molar-refractivity contribution >= 4 is 10.8 Å². The molecule has 2 N–H and O–H groups in total. The van der Waals surface area contributed by atoms with E-state index in [9.17, 15) is 0 Å². The van der Waals surface area contributed by atoms with E-state index in [2.05, 4.69) is 43.3 Å². The SMILES string of the molecule is COc1ccc2ccccc2c1C1(C(C)N)CC1. The van der Waals surface area contributed by atoms with E-state index >= 15 is 0 Å². The summed E-state index contributed by atoms with van der Waals surface area (Å²) in [6.07, 6.45) is 2.32. The topological polar surface area (TPSA) is 35.2 Å². The van der Waals surface area contributed by atoms with Crippen LogP contribution in [0.15, 0.2) is 36.4 Å². The summed E-state index contributed by atoms with van der Waals surface area (Å²) in [6, 6.07) is 12.8. The van der Waals surface area contributed by atoms with E-state index in [-0.39, 0.29) is 11.5 Å². The van der Waals surface area contributed by atoms with Gasteiger partial charge in [0.2, 0.25) is 0 Å². The zero-order valence-corrected chi connectivity index (χ0v) is 10.9. The van der Waals surface area contributed by atoms with E-state index in [1.165, 1.54) is 16.3 Å². The Balaban J connectivity index is 2.31. The molecule has 1 atom stereocenters. The lowest BCUT2D eigenvalue weighted by Gasteiger charge is -2.24. The highest BCUT2D eigenvalue weighted by molar-refractivity contribution is 5.89. The summed E-state index contributed by atoms with van der Waals surface area (Å²) in [5.41, 5.74) is 7.64. The molecule has 0 amide bonds. The van der Waals surface area contributed by atoms with Crippen molar-refractivity contribution in [2.45, 2.75) is 31.2 Å². The van der Waals surface area contributed by atoms with Gasteiger partial charge in [-0.1, -0.05) is 30.3 Å². The maximum atomic E-state index is 6.22. The number of benzene rings is 2. The molecule has 1 unspecified atom stereocenters. The van der Waals surface area contributed by atoms with Crippen LogP contribution in [0.5, 0.6) is 5.75 Å². The smallest absolute Gasteiger partial charge is 0.123 e. The summed E-state index contributed by atoms with van der Waals surface area (Å²) >= 11 is 0. The van der Waals surface area contributed by atoms with Gasteiger partial charge in [-0.3, -0.25) is 0 Å². The summed E-state index contributed by atoms with van der Waals surface area (Å²) in [5, 5.41) is 2.55. The van der Waals surface area contributed by atoms with Crippen molar-refractivity contribution < 1.29 is 4.74 Å². The van der Waals surface area contributed by atoms with Crippen LogP contribution < -0.4 is 10.5 Å². The van der Waals surface area contributed by atoms with Gasteiger partial charge < -0.3 is 10.5 Å². The maximum absolute atomic E-state index is 6.22. The monoisotopic (exact) mass is 241 g/mol. The van der Waals surface area contributed by atoms with E-state index < -0.39 is 0 Å². The van der Waals surface area contributed by atoms with Gasteiger partial charge in [-0.15, -0.1) is 0 Å². The van der Waals surface area contributed by atoms with Crippen LogP contribution in [0.4, 0.5) is 0 Å². The third-order valence-electron chi connectivity index (χ3n) is 4.27. The molecule has 0 aliphatic heterocycles. The second-order valence-corrected chi connectivity index (χ2v) is 5.31. The fourth-order valence-electron chi connectivity index (χ4n) is 3.00. The lowest BCUT2D eigenvalue weighted by atomic mass is 9.85. The van der Waals surface area contributed by atoms with Gasteiger partial charge in [0.1, 0.15) is 5.75 Å². The van der Waals surface area contributed by atoms with Crippen LogP contribution in [0.1, 0.15) is 25.3 Å². The molecule has 94 valence electrons. The quantitative estimate of drug-likeness (QED) is 0.895. The Bertz CT molecular complexity index is 585. The number of fused-ring (bicyclic) bond motifs is 1. The second kappa shape index (κ2) is 3.99. The first kappa shape index (κ1) is 11.5. The average Bonchev–Trinajstić information content (AvgIpc) is 3.18. The van der Waals surface area contributed by atoms with Crippen LogP contribution in [-0.2, 0) is 5.41 Å². The summed E-state index contributed by atoms with van der Waals surface area (Å²) < 4.78 is 5.57. The second-order valence-electron chi connectivity index (χ2n) is 5.31. The highest BCUT2D eigenvalue weighted by Gasteiger charge is 2.49. The zero-order valence-electron chi connectivity index (χ0n) is 10.9. The van der Waals surface area contributed by atoms with Gasteiger partial charge in [-0.2, -0.15) is 0 Å². The van der Waals surface area contributed by atoms with Gasteiger partial charge in [-0.25, -0.2) is 0 Å². The Morgan fingerprint density at radius 3 is 2.50 bits per heavy atom. The lowest BCUT2D eigenvalue weighted by molar-refractivity contribution is 0.400. The third-order valence-corrected chi connectivity index (χ3v) is 4.27. The van der Waals surface area contributed by atoms with Crippen LogP contribution >= 0.6 is 0 Å². The molecule has 0 aromatic heterocycles. The molecule has 2 nitrogen and oxygen atoms in total. The summed E-state index contributed by atoms with van der Waals surface area (Å²) in [7, 11) is 1.74. The van der Waals surface area contributed by atoms with Crippen molar-refractivity contribution in [3.05, 3.63) is 42.0 Å². The molecule has 2 aromatic rings. The number of hydrogen-bond acceptors (Lipinski definition) is 2. The van der Waals surface area contributed by atoms with E-state index in [0.717, 1.165) is 18.6 Å². The zero-order chi connectivity index (χ0) is 12.8. The standard InChI is InChI=1S/C16H19NO/c1-11(17)16(9-10-16)15-13-6-4-3-5-12(13)7-8-14(15)18-2/h3-8,11H,9-10,17H2,1-2H3. The van der Waals surface area contributed by atoms with Crippen LogP contribution in [-0.4, -0.2) is 13.2 Å². The first-order valence-electron chi connectivity index (χ1n) is 6.51. The van der Waals surface area contributed by atoms with Crippen LogP contribution in [0.2, 0.25) is 0 Å². The van der Waals surface area contributed by atoms with Crippen molar-refractivity contribution in [1.29, 1.82) is 0 Å². The molecule has 18 heavy (non-hydrogen) atoms. The first-order chi connectivity index (χ1) is 8.69. The summed E-state index contributed by atoms with van der Waals surface area (Å²) in [5.74, 6) is 0.975. The van der Waals surface area contributed by atoms with Gasteiger partial charge in [0.25, 0.3) is 0 Å². The molecule has 3 rings (SSSR count). The normalized spacial score (nSPS) is 18.6. The van der Waals surface area contributed by atoms with Gasteiger partial charge in [-0.05, 0) is 36.6 Å². The summed E-state index contributed by atoms with van der Waals surface area (Å²) in [4.78, 5) is 0. The molecule has 1 aliphatic rings. The number of hydrogen-bond donors (Lipinski definition) is 1. The van der Waals surface area contributed by atoms with Crippen molar-refractivity contribution in [3.8, 4) is 5.75 Å². The minimum absolute atomic E-state index is 0.117. The third kappa shape index (κ3) is 1.52. The number of nitrogens with two attached hydrogens (primary N) is 1. The Morgan fingerprint density at radius 2 is 1.89 bits per heavy atom. The van der Waals surface area contributed by atoms with Crippen molar-refractivity contribution in [2.75, 3.05) is 7.11 Å². The molecular formula is C16H19NO. The molecule has 2 aromatic carbocycles. The molecule has 1 fully saturated rings. The van der Waals surface area contributed by atoms with Crippen LogP contribution in [0.25, 0.3) is 10.8 Å². The molecule has 2 heteroatoms. The van der Waals surface area contributed by atoms with Crippen molar-refractivity contribution in [3.63, 3.8) is 0 Å². The van der Waals surface area contributed by atoms with Crippen LogP contribution in [0.3, 0.4) is 0 Å². The Morgan fingerprint density at radius 1 is 1.17 bits per heavy atom. The van der Waals surface area contributed by atoms with Gasteiger partial charge in [0.15, 0.2) is 0 Å². The van der Waals surface area contributed by atoms with Gasteiger partial charge in [0, 0.05) is 17.0 Å². The van der Waals surface area contributed by atoms with Gasteiger partial charge in [0.05, 0.1) is 7.11 Å². The highest BCUT2D eigenvalue weighted by atomic mass is 16.5. The maximum Gasteiger partial charge on any atom is 0.123 e. The van der Waals surface area contributed by atoms with E-state index in [1.807, 2.05) is 0 Å². The van der Waals surface area contributed by atoms with E-state index in [4.69, 9.17) is 10.5 Å².